The van der Waals surface area contributed by atoms with Gasteiger partial charge in [-0.05, 0) is 86.2 Å². The monoisotopic (exact) mass is 896 g/mol. The fraction of sp³-hybridized carbons (Fsp3) is 0.242. The Bertz CT molecular complexity index is 2560. The number of hydrogen-bond donors (Lipinski definition) is 6. The van der Waals surface area contributed by atoms with Crippen molar-refractivity contribution in [2.24, 2.45) is 10.2 Å². The van der Waals surface area contributed by atoms with Gasteiger partial charge >= 0.3 is 16.6 Å². The number of phenols is 1. The molecule has 1 aromatic heterocycles. The van der Waals surface area contributed by atoms with Crippen LogP contribution in [0.5, 0.6) is 11.8 Å². The summed E-state index contributed by atoms with van der Waals surface area (Å²) in [5.41, 5.74) is 2.04. The van der Waals surface area contributed by atoms with Gasteiger partial charge in [-0.3, -0.25) is 12.6 Å². The summed E-state index contributed by atoms with van der Waals surface area (Å²) in [6.07, 6.45) is 0.0598. The van der Waals surface area contributed by atoms with Gasteiger partial charge in [0.15, 0.2) is 5.75 Å². The van der Waals surface area contributed by atoms with Crippen LogP contribution in [0.2, 0.25) is 0 Å². The van der Waals surface area contributed by atoms with E-state index in [1.165, 1.54) is 31.2 Å². The summed E-state index contributed by atoms with van der Waals surface area (Å²) >= 11 is -5.15. The third-order valence-corrected chi connectivity index (χ3v) is 9.45. The minimum atomic E-state index is -4.25. The highest BCUT2D eigenvalue weighted by Gasteiger charge is 2.23. The van der Waals surface area contributed by atoms with Gasteiger partial charge in [0.05, 0.1) is 29.0 Å². The van der Waals surface area contributed by atoms with Crippen LogP contribution in [0.4, 0.5) is 34.4 Å². The Labute approximate surface area is 345 Å². The normalized spacial score (nSPS) is 12.1. The van der Waals surface area contributed by atoms with Crippen molar-refractivity contribution in [2.75, 3.05) is 21.4 Å². The number of nitrogens with one attached hydrogen (secondary N) is 3. The summed E-state index contributed by atoms with van der Waals surface area (Å²) in [7, 11) is -7.37. The SMILES string of the molecule is CCOS(=O)(=O)c1cc(Nc2nc(Cc3ccccc3NS(=O)[O-])nc(OC(C)C)n2)c2c(O)c(N=Nc3cccc(NS(=O)[O-])c3)c(CC)cc2c1.N.N.O=S(=O)=O. The average molecular weight is 897 g/mol. The predicted molar refractivity (Wildman–Crippen MR) is 217 cm³/mol. The molecule has 26 heteroatoms. The molecule has 4 aromatic carbocycles. The van der Waals surface area contributed by atoms with Crippen LogP contribution >= 0.6 is 0 Å². The standard InChI is InChI=1S/C33H36N8O9S3.2H3N.O3S/c1-5-20-14-22-15-25(53(47,48)49-6-2)18-27(29(22)31(42)30(20)39-38-23-11-9-12-24(17-23)40-51(43)44)34-32-35-28(36-33(37-32)50-19(3)4)16-21-10-7-8-13-26(21)41-52(45)46;;;1-4(2)3/h7-15,17-19,40-42H,5-6,16H2,1-4H3,(H,43,44)(H,45,46)(H,34,35,36,37);2*1H3;/p-2. The first kappa shape index (κ1) is 49.6. The molecular formula is C33H40N10O12S4-2. The Hall–Kier alpha value is -5.58. The number of ether oxygens (including phenoxy) is 1. The summed E-state index contributed by atoms with van der Waals surface area (Å²) in [6, 6.07) is 17.0. The third kappa shape index (κ3) is 14.3. The van der Waals surface area contributed by atoms with E-state index in [0.717, 1.165) is 0 Å². The predicted octanol–water partition coefficient (Wildman–Crippen LogP) is 5.29. The molecule has 22 nitrogen and oxygen atoms in total. The zero-order valence-corrected chi connectivity index (χ0v) is 35.0. The Morgan fingerprint density at radius 2 is 1.51 bits per heavy atom. The second-order valence-corrected chi connectivity index (χ2v) is 15.0. The van der Waals surface area contributed by atoms with Crippen LogP contribution in [0.15, 0.2) is 81.9 Å². The minimum Gasteiger partial charge on any atom is -0.755 e. The maximum Gasteiger partial charge on any atom is 0.425 e. The topological polar surface area (TPSA) is 374 Å². The number of aromatic hydroxyl groups is 1. The number of para-hydroxylation sites is 1. The molecule has 10 N–H and O–H groups in total. The van der Waals surface area contributed by atoms with E-state index in [-0.39, 0.29) is 88.0 Å². The van der Waals surface area contributed by atoms with Crippen LogP contribution in [0.3, 0.4) is 0 Å². The first-order chi connectivity index (χ1) is 27.0. The largest absolute Gasteiger partial charge is 0.755 e. The molecule has 1 heterocycles. The first-order valence-corrected chi connectivity index (χ1v) is 21.0. The number of azo groups is 1. The number of nitrogens with zero attached hydrogens (tertiary/aromatic N) is 5. The number of benzene rings is 4. The van der Waals surface area contributed by atoms with E-state index < -0.39 is 43.3 Å². The summed E-state index contributed by atoms with van der Waals surface area (Å²) in [5.74, 6) is -0.256. The molecule has 0 bridgehead atoms. The molecule has 0 aliphatic heterocycles. The lowest BCUT2D eigenvalue weighted by atomic mass is 10.0. The molecule has 0 spiro atoms. The quantitative estimate of drug-likeness (QED) is 0.0416. The van der Waals surface area contributed by atoms with E-state index in [2.05, 4.69) is 39.9 Å². The molecule has 59 heavy (non-hydrogen) atoms. The van der Waals surface area contributed by atoms with Gasteiger partial charge in [-0.1, -0.05) is 31.2 Å². The summed E-state index contributed by atoms with van der Waals surface area (Å²) in [5, 5.41) is 23.8. The second-order valence-electron chi connectivity index (χ2n) is 11.6. The summed E-state index contributed by atoms with van der Waals surface area (Å²) < 4.78 is 112. The van der Waals surface area contributed by atoms with E-state index in [0.29, 0.717) is 28.6 Å². The van der Waals surface area contributed by atoms with Gasteiger partial charge in [-0.2, -0.15) is 28.5 Å². The molecule has 2 unspecified atom stereocenters. The molecule has 0 aliphatic rings. The van der Waals surface area contributed by atoms with Crippen LogP contribution in [-0.2, 0) is 60.3 Å². The molecule has 0 radical (unpaired) electrons. The summed E-state index contributed by atoms with van der Waals surface area (Å²) in [6.45, 7) is 6.77. The van der Waals surface area contributed by atoms with E-state index in [4.69, 9.17) is 21.5 Å². The van der Waals surface area contributed by atoms with Gasteiger partial charge < -0.3 is 46.0 Å². The molecule has 2 atom stereocenters. The van der Waals surface area contributed by atoms with Crippen molar-refractivity contribution in [1.82, 2.24) is 27.3 Å². The highest BCUT2D eigenvalue weighted by Crippen LogP contribution is 2.44. The maximum atomic E-state index is 13.2. The molecule has 0 amide bonds. The van der Waals surface area contributed by atoms with Crippen molar-refractivity contribution in [2.45, 2.75) is 51.5 Å². The lowest BCUT2D eigenvalue weighted by Gasteiger charge is -2.17. The minimum absolute atomic E-state index is 0. The van der Waals surface area contributed by atoms with Crippen LogP contribution in [0, 0.1) is 0 Å². The zero-order chi connectivity index (χ0) is 41.9. The lowest BCUT2D eigenvalue weighted by Crippen LogP contribution is -2.13. The van der Waals surface area contributed by atoms with Crippen LogP contribution < -0.4 is 31.8 Å². The molecule has 0 saturated heterocycles. The number of rotatable bonds is 16. The average Bonchev–Trinajstić information content (AvgIpc) is 3.10. The Morgan fingerprint density at radius 1 is 0.831 bits per heavy atom. The van der Waals surface area contributed by atoms with Gasteiger partial charge in [0.2, 0.25) is 5.95 Å². The first-order valence-electron chi connectivity index (χ1n) is 16.5. The van der Waals surface area contributed by atoms with E-state index >= 15 is 0 Å². The highest BCUT2D eigenvalue weighted by atomic mass is 32.2. The van der Waals surface area contributed by atoms with Gasteiger partial charge in [0.1, 0.15) is 11.5 Å². The number of fused-ring (bicyclic) bond motifs is 1. The van der Waals surface area contributed by atoms with Crippen LogP contribution in [0.1, 0.15) is 44.6 Å². The van der Waals surface area contributed by atoms with Crippen molar-refractivity contribution in [3.8, 4) is 11.8 Å². The molecular weight excluding hydrogens is 857 g/mol. The lowest BCUT2D eigenvalue weighted by molar-refractivity contribution is 0.221. The van der Waals surface area contributed by atoms with E-state index in [9.17, 15) is 31.0 Å². The molecule has 320 valence electrons. The van der Waals surface area contributed by atoms with Crippen molar-refractivity contribution in [3.63, 3.8) is 0 Å². The zero-order valence-electron chi connectivity index (χ0n) is 31.8. The molecule has 0 saturated carbocycles. The molecule has 5 rings (SSSR count). The Kier molecular flexibility index (Phi) is 18.9. The van der Waals surface area contributed by atoms with Crippen LogP contribution in [-0.4, -0.2) is 71.3 Å². The molecule has 5 aromatic rings. The number of anilines is 4. The fourth-order valence-electron chi connectivity index (χ4n) is 5.18. The number of aromatic nitrogens is 3. The molecule has 0 fully saturated rings. The van der Waals surface area contributed by atoms with Gasteiger partial charge in [-0.25, -0.2) is 0 Å². The van der Waals surface area contributed by atoms with Gasteiger partial charge in [-0.15, -0.1) is 17.7 Å². The Morgan fingerprint density at radius 3 is 2.14 bits per heavy atom. The maximum absolute atomic E-state index is 13.2. The van der Waals surface area contributed by atoms with Gasteiger partial charge in [0.25, 0.3) is 10.1 Å². The highest BCUT2D eigenvalue weighted by molar-refractivity contribution is 7.86. The number of hydrogen-bond acceptors (Lipinski definition) is 20. The van der Waals surface area contributed by atoms with Crippen LogP contribution in [0.25, 0.3) is 10.8 Å². The van der Waals surface area contributed by atoms with E-state index in [1.54, 1.807) is 56.3 Å². The molecule has 0 aliphatic carbocycles. The summed E-state index contributed by atoms with van der Waals surface area (Å²) in [4.78, 5) is 13.1. The van der Waals surface area contributed by atoms with Crippen molar-refractivity contribution in [3.05, 3.63) is 83.7 Å². The van der Waals surface area contributed by atoms with Crippen molar-refractivity contribution < 1.29 is 52.6 Å². The Balaban J connectivity index is 0.00000191. The number of phenolic OH excluding ortho intramolecular Hbond substituents is 1. The van der Waals surface area contributed by atoms with Gasteiger partial charge in [0, 0.05) is 45.7 Å². The number of aryl methyl sites for hydroxylation is 1. The third-order valence-electron chi connectivity index (χ3n) is 7.30. The van der Waals surface area contributed by atoms with Crippen molar-refractivity contribution >= 4 is 88.4 Å². The fourth-order valence-corrected chi connectivity index (χ4v) is 6.85. The second kappa shape index (κ2) is 22.5. The van der Waals surface area contributed by atoms with E-state index in [1.807, 2.05) is 6.92 Å². The van der Waals surface area contributed by atoms with Crippen molar-refractivity contribution in [1.29, 1.82) is 0 Å². The smallest absolute Gasteiger partial charge is 0.425 e.